The van der Waals surface area contributed by atoms with E-state index in [1.165, 1.54) is 12.8 Å². The molecule has 2 aromatic rings. The van der Waals surface area contributed by atoms with Crippen LogP contribution in [-0.4, -0.2) is 59.2 Å². The minimum Gasteiger partial charge on any atom is -0.469 e. The van der Waals surface area contributed by atoms with E-state index in [0.29, 0.717) is 18.4 Å². The molecule has 0 bridgehead atoms. The van der Waals surface area contributed by atoms with Gasteiger partial charge in [-0.3, -0.25) is 9.79 Å². The Morgan fingerprint density at radius 2 is 2.15 bits per heavy atom. The third-order valence-corrected chi connectivity index (χ3v) is 4.99. The number of hydrogen-bond acceptors (Lipinski definition) is 5. The summed E-state index contributed by atoms with van der Waals surface area (Å²) in [6, 6.07) is 4.44. The number of hydrogen-bond donors (Lipinski definition) is 1. The van der Waals surface area contributed by atoms with Crippen LogP contribution in [0.15, 0.2) is 45.0 Å². The SMILES string of the molecule is Cn1ccnc(N2CCN(C(=NCCc3ccco3)NC3CC3)CC2)c1=O. The average molecular weight is 370 g/mol. The van der Waals surface area contributed by atoms with Gasteiger partial charge in [0.1, 0.15) is 5.76 Å². The van der Waals surface area contributed by atoms with Gasteiger partial charge < -0.3 is 24.1 Å². The van der Waals surface area contributed by atoms with Crippen LogP contribution in [-0.2, 0) is 13.5 Å². The lowest BCUT2D eigenvalue weighted by molar-refractivity contribution is 0.369. The molecular weight excluding hydrogens is 344 g/mol. The monoisotopic (exact) mass is 370 g/mol. The van der Waals surface area contributed by atoms with E-state index in [1.807, 2.05) is 12.1 Å². The van der Waals surface area contributed by atoms with Crippen LogP contribution >= 0.6 is 0 Å². The second-order valence-electron chi connectivity index (χ2n) is 7.09. The molecule has 2 fully saturated rings. The Morgan fingerprint density at radius 1 is 1.33 bits per heavy atom. The number of nitrogens with one attached hydrogen (secondary N) is 1. The van der Waals surface area contributed by atoms with Gasteiger partial charge in [0.05, 0.1) is 6.26 Å². The molecule has 0 unspecified atom stereocenters. The summed E-state index contributed by atoms with van der Waals surface area (Å²) in [5.74, 6) is 2.46. The van der Waals surface area contributed by atoms with Crippen molar-refractivity contribution in [2.75, 3.05) is 37.6 Å². The Balaban J connectivity index is 1.38. The fourth-order valence-electron chi connectivity index (χ4n) is 3.21. The van der Waals surface area contributed by atoms with Gasteiger partial charge in [0, 0.05) is 64.6 Å². The number of anilines is 1. The van der Waals surface area contributed by atoms with E-state index in [2.05, 4.69) is 20.1 Å². The van der Waals surface area contributed by atoms with E-state index in [-0.39, 0.29) is 5.56 Å². The molecule has 0 radical (unpaired) electrons. The molecule has 1 aliphatic heterocycles. The van der Waals surface area contributed by atoms with Gasteiger partial charge in [-0.1, -0.05) is 0 Å². The first-order valence-electron chi connectivity index (χ1n) is 9.55. The third-order valence-electron chi connectivity index (χ3n) is 4.99. The smallest absolute Gasteiger partial charge is 0.293 e. The predicted octanol–water partition coefficient (Wildman–Crippen LogP) is 0.846. The van der Waals surface area contributed by atoms with Crippen molar-refractivity contribution >= 4 is 11.8 Å². The van der Waals surface area contributed by atoms with Crippen molar-refractivity contribution in [3.8, 4) is 0 Å². The van der Waals surface area contributed by atoms with Crippen molar-refractivity contribution in [1.29, 1.82) is 0 Å². The molecule has 1 aliphatic carbocycles. The summed E-state index contributed by atoms with van der Waals surface area (Å²) in [5, 5.41) is 3.56. The normalized spacial score (nSPS) is 18.0. The van der Waals surface area contributed by atoms with Gasteiger partial charge >= 0.3 is 0 Å². The number of nitrogens with zero attached hydrogens (tertiary/aromatic N) is 5. The number of aryl methyl sites for hydroxylation is 1. The van der Waals surface area contributed by atoms with E-state index < -0.39 is 0 Å². The van der Waals surface area contributed by atoms with Gasteiger partial charge in [0.25, 0.3) is 5.56 Å². The second kappa shape index (κ2) is 7.85. The zero-order chi connectivity index (χ0) is 18.6. The molecule has 1 saturated heterocycles. The van der Waals surface area contributed by atoms with E-state index in [4.69, 9.17) is 9.41 Å². The Morgan fingerprint density at radius 3 is 2.85 bits per heavy atom. The maximum atomic E-state index is 12.3. The highest BCUT2D eigenvalue weighted by Crippen LogP contribution is 2.19. The van der Waals surface area contributed by atoms with Crippen LogP contribution in [0.2, 0.25) is 0 Å². The molecule has 1 N–H and O–H groups in total. The van der Waals surface area contributed by atoms with Gasteiger partial charge in [0.2, 0.25) is 0 Å². The molecule has 2 aliphatic rings. The number of aliphatic imine (C=N–C) groups is 1. The van der Waals surface area contributed by atoms with Crippen molar-refractivity contribution in [1.82, 2.24) is 19.8 Å². The van der Waals surface area contributed by atoms with Crippen LogP contribution in [0.5, 0.6) is 0 Å². The molecule has 0 atom stereocenters. The Kier molecular flexibility index (Phi) is 5.13. The number of furan rings is 1. The summed E-state index contributed by atoms with van der Waals surface area (Å²) in [4.78, 5) is 25.7. The lowest BCUT2D eigenvalue weighted by Crippen LogP contribution is -2.54. The second-order valence-corrected chi connectivity index (χ2v) is 7.09. The highest BCUT2D eigenvalue weighted by atomic mass is 16.3. The molecule has 0 spiro atoms. The van der Waals surface area contributed by atoms with E-state index in [1.54, 1.807) is 30.3 Å². The van der Waals surface area contributed by atoms with Crippen LogP contribution < -0.4 is 15.8 Å². The fourth-order valence-corrected chi connectivity index (χ4v) is 3.21. The summed E-state index contributed by atoms with van der Waals surface area (Å²) < 4.78 is 6.96. The lowest BCUT2D eigenvalue weighted by atomic mass is 10.3. The molecule has 1 saturated carbocycles. The number of guanidine groups is 1. The molecule has 3 heterocycles. The molecule has 8 nitrogen and oxygen atoms in total. The Hall–Kier alpha value is -2.77. The standard InChI is InChI=1S/C19H26N6O2/c1-23-9-8-20-17(18(23)26)24-10-12-25(13-11-24)19(22-15-4-5-15)21-7-6-16-3-2-14-27-16/h2-3,8-9,14-15H,4-7,10-13H2,1H3,(H,21,22). The lowest BCUT2D eigenvalue weighted by Gasteiger charge is -2.37. The van der Waals surface area contributed by atoms with Crippen molar-refractivity contribution in [2.24, 2.45) is 12.0 Å². The highest BCUT2D eigenvalue weighted by molar-refractivity contribution is 5.81. The largest absolute Gasteiger partial charge is 0.469 e. The van der Waals surface area contributed by atoms with Gasteiger partial charge in [-0.15, -0.1) is 0 Å². The number of aromatic nitrogens is 2. The van der Waals surface area contributed by atoms with Crippen LogP contribution in [0.4, 0.5) is 5.82 Å². The van der Waals surface area contributed by atoms with Gasteiger partial charge in [-0.05, 0) is 25.0 Å². The molecule has 27 heavy (non-hydrogen) atoms. The summed E-state index contributed by atoms with van der Waals surface area (Å²) in [7, 11) is 1.76. The zero-order valence-electron chi connectivity index (χ0n) is 15.7. The molecule has 0 aromatic carbocycles. The molecule has 144 valence electrons. The minimum absolute atomic E-state index is 0.0469. The third kappa shape index (κ3) is 4.32. The van der Waals surface area contributed by atoms with E-state index >= 15 is 0 Å². The first-order chi connectivity index (χ1) is 13.2. The number of rotatable bonds is 5. The van der Waals surface area contributed by atoms with Crippen molar-refractivity contribution in [3.63, 3.8) is 0 Å². The quantitative estimate of drug-likeness (QED) is 0.621. The van der Waals surface area contributed by atoms with Crippen LogP contribution in [0.1, 0.15) is 18.6 Å². The van der Waals surface area contributed by atoms with Crippen LogP contribution in [0.3, 0.4) is 0 Å². The van der Waals surface area contributed by atoms with Gasteiger partial charge in [0.15, 0.2) is 11.8 Å². The minimum atomic E-state index is -0.0469. The van der Waals surface area contributed by atoms with Crippen molar-refractivity contribution in [2.45, 2.75) is 25.3 Å². The van der Waals surface area contributed by atoms with Crippen LogP contribution in [0, 0.1) is 0 Å². The van der Waals surface area contributed by atoms with Crippen molar-refractivity contribution in [3.05, 3.63) is 46.9 Å². The summed E-state index contributed by atoms with van der Waals surface area (Å²) >= 11 is 0. The van der Waals surface area contributed by atoms with Crippen molar-refractivity contribution < 1.29 is 4.42 Å². The topological polar surface area (TPSA) is 78.9 Å². The van der Waals surface area contributed by atoms with Crippen LogP contribution in [0.25, 0.3) is 0 Å². The highest BCUT2D eigenvalue weighted by Gasteiger charge is 2.27. The fraction of sp³-hybridized carbons (Fsp3) is 0.526. The van der Waals surface area contributed by atoms with E-state index in [9.17, 15) is 4.79 Å². The summed E-state index contributed by atoms with van der Waals surface area (Å²) in [6.45, 7) is 3.85. The Bertz CT molecular complexity index is 832. The molecule has 0 amide bonds. The predicted molar refractivity (Wildman–Crippen MR) is 104 cm³/mol. The first kappa shape index (κ1) is 17.6. The Labute approximate surface area is 158 Å². The zero-order valence-corrected chi connectivity index (χ0v) is 15.7. The molecule has 8 heteroatoms. The first-order valence-corrected chi connectivity index (χ1v) is 9.55. The molecule has 4 rings (SSSR count). The maximum absolute atomic E-state index is 12.3. The summed E-state index contributed by atoms with van der Waals surface area (Å²) in [5.41, 5.74) is -0.0469. The average Bonchev–Trinajstić information content (AvgIpc) is 3.35. The maximum Gasteiger partial charge on any atom is 0.293 e. The summed E-state index contributed by atoms with van der Waals surface area (Å²) in [6.07, 6.45) is 8.28. The van der Waals surface area contributed by atoms with E-state index in [0.717, 1.165) is 44.3 Å². The molecular formula is C19H26N6O2. The van der Waals surface area contributed by atoms with Gasteiger partial charge in [-0.25, -0.2) is 4.98 Å². The molecule has 2 aromatic heterocycles. The van der Waals surface area contributed by atoms with Gasteiger partial charge in [-0.2, -0.15) is 0 Å². The number of piperazine rings is 1.